The van der Waals surface area contributed by atoms with Crippen LogP contribution in [0.4, 0.5) is 0 Å². The standard InChI is InChI=1S/C35H60O4/c1-4-7-9-11-13-15-17-19-21-23-30-38-33-27-25-26-32(28-29-34(36)37-6-3)35(33)39-31-24-22-20-18-16-14-12-10-8-5-2/h25-29H,4-24,30-31H2,1-3H3. The first-order chi connectivity index (χ1) is 19.2. The fourth-order valence-electron chi connectivity index (χ4n) is 4.82. The van der Waals surface area contributed by atoms with Crippen molar-refractivity contribution in [1.82, 2.24) is 0 Å². The highest BCUT2D eigenvalue weighted by atomic mass is 16.5. The van der Waals surface area contributed by atoms with E-state index in [1.807, 2.05) is 25.1 Å². The molecule has 0 aliphatic heterocycles. The van der Waals surface area contributed by atoms with E-state index < -0.39 is 0 Å². The monoisotopic (exact) mass is 544 g/mol. The van der Waals surface area contributed by atoms with Gasteiger partial charge in [0.05, 0.1) is 19.8 Å². The second-order valence-corrected chi connectivity index (χ2v) is 10.8. The third-order valence-corrected chi connectivity index (χ3v) is 7.19. The SMILES string of the molecule is CCCCCCCCCCCCOc1cccc(C=CC(=O)OCC)c1OCCCCCCCCCCCC. The molecule has 0 aliphatic carbocycles. The molecule has 0 bridgehead atoms. The van der Waals surface area contributed by atoms with Gasteiger partial charge in [-0.25, -0.2) is 4.79 Å². The van der Waals surface area contributed by atoms with Crippen LogP contribution in [0.2, 0.25) is 0 Å². The molecule has 4 nitrogen and oxygen atoms in total. The van der Waals surface area contributed by atoms with E-state index in [0.717, 1.165) is 29.9 Å². The topological polar surface area (TPSA) is 44.8 Å². The minimum Gasteiger partial charge on any atom is -0.490 e. The van der Waals surface area contributed by atoms with Crippen LogP contribution in [0, 0.1) is 0 Å². The Hall–Kier alpha value is -1.97. The van der Waals surface area contributed by atoms with Crippen molar-refractivity contribution in [3.8, 4) is 11.5 Å². The van der Waals surface area contributed by atoms with Gasteiger partial charge < -0.3 is 14.2 Å². The number of benzene rings is 1. The van der Waals surface area contributed by atoms with Gasteiger partial charge >= 0.3 is 5.97 Å². The summed E-state index contributed by atoms with van der Waals surface area (Å²) in [5.74, 6) is 1.17. The molecule has 0 unspecified atom stereocenters. The van der Waals surface area contributed by atoms with Crippen molar-refractivity contribution in [2.75, 3.05) is 19.8 Å². The second kappa shape index (κ2) is 26.3. The first-order valence-corrected chi connectivity index (χ1v) is 16.5. The average molecular weight is 545 g/mol. The lowest BCUT2D eigenvalue weighted by molar-refractivity contribution is -0.137. The number of carbonyl (C=O) groups is 1. The highest BCUT2D eigenvalue weighted by molar-refractivity contribution is 5.87. The minimum absolute atomic E-state index is 0.338. The van der Waals surface area contributed by atoms with Gasteiger partial charge in [0.25, 0.3) is 0 Å². The van der Waals surface area contributed by atoms with Crippen LogP contribution in [0.25, 0.3) is 6.08 Å². The van der Waals surface area contributed by atoms with Crippen molar-refractivity contribution >= 4 is 12.0 Å². The molecule has 0 spiro atoms. The number of unbranched alkanes of at least 4 members (excludes halogenated alkanes) is 18. The summed E-state index contributed by atoms with van der Waals surface area (Å²) in [6.45, 7) is 8.07. The highest BCUT2D eigenvalue weighted by Gasteiger charge is 2.10. The molecule has 39 heavy (non-hydrogen) atoms. The molecular weight excluding hydrogens is 484 g/mol. The fourth-order valence-corrected chi connectivity index (χ4v) is 4.82. The number of ether oxygens (including phenoxy) is 3. The van der Waals surface area contributed by atoms with Crippen molar-refractivity contribution in [2.24, 2.45) is 0 Å². The average Bonchev–Trinajstić information content (AvgIpc) is 2.94. The maximum absolute atomic E-state index is 11.9. The summed E-state index contributed by atoms with van der Waals surface area (Å²) in [4.78, 5) is 11.9. The minimum atomic E-state index is -0.338. The molecule has 1 rings (SSSR count). The second-order valence-electron chi connectivity index (χ2n) is 10.8. The van der Waals surface area contributed by atoms with Gasteiger partial charge in [0.1, 0.15) is 0 Å². The molecular formula is C35H60O4. The first kappa shape index (κ1) is 35.1. The van der Waals surface area contributed by atoms with Crippen molar-refractivity contribution in [3.63, 3.8) is 0 Å². The van der Waals surface area contributed by atoms with E-state index in [1.54, 1.807) is 6.08 Å². The Labute approximate surface area is 241 Å². The van der Waals surface area contributed by atoms with Gasteiger partial charge in [-0.1, -0.05) is 142 Å². The summed E-state index contributed by atoms with van der Waals surface area (Å²) in [5.41, 5.74) is 0.857. The smallest absolute Gasteiger partial charge is 0.330 e. The van der Waals surface area contributed by atoms with E-state index in [4.69, 9.17) is 14.2 Å². The molecule has 0 aliphatic rings. The van der Waals surface area contributed by atoms with Crippen LogP contribution in [-0.2, 0) is 9.53 Å². The molecule has 0 saturated heterocycles. The van der Waals surface area contributed by atoms with Crippen LogP contribution >= 0.6 is 0 Å². The van der Waals surface area contributed by atoms with Gasteiger partial charge in [-0.05, 0) is 31.9 Å². The molecule has 0 N–H and O–H groups in total. The predicted octanol–water partition coefficient (Wildman–Crippen LogP) is 10.9. The van der Waals surface area contributed by atoms with Crippen LogP contribution in [0.15, 0.2) is 24.3 Å². The Morgan fingerprint density at radius 3 is 1.56 bits per heavy atom. The Bertz CT molecular complexity index is 727. The number of esters is 1. The number of para-hydroxylation sites is 1. The van der Waals surface area contributed by atoms with Crippen molar-refractivity contribution < 1.29 is 19.0 Å². The molecule has 0 amide bonds. The normalized spacial score (nSPS) is 11.3. The number of carbonyl (C=O) groups excluding carboxylic acids is 1. The third-order valence-electron chi connectivity index (χ3n) is 7.19. The van der Waals surface area contributed by atoms with Gasteiger partial charge in [-0.15, -0.1) is 0 Å². The van der Waals surface area contributed by atoms with E-state index in [9.17, 15) is 4.79 Å². The van der Waals surface area contributed by atoms with Gasteiger partial charge in [-0.2, -0.15) is 0 Å². The van der Waals surface area contributed by atoms with E-state index in [2.05, 4.69) is 13.8 Å². The van der Waals surface area contributed by atoms with Gasteiger partial charge in [0, 0.05) is 11.6 Å². The van der Waals surface area contributed by atoms with Crippen LogP contribution in [-0.4, -0.2) is 25.8 Å². The molecule has 0 heterocycles. The van der Waals surface area contributed by atoms with E-state index in [0.29, 0.717) is 19.8 Å². The third kappa shape index (κ3) is 19.7. The fraction of sp³-hybridized carbons (Fsp3) is 0.743. The van der Waals surface area contributed by atoms with Crippen LogP contribution in [0.5, 0.6) is 11.5 Å². The number of rotatable bonds is 27. The molecule has 224 valence electrons. The molecule has 1 aromatic carbocycles. The van der Waals surface area contributed by atoms with E-state index >= 15 is 0 Å². The summed E-state index contributed by atoms with van der Waals surface area (Å²) in [6.07, 6.45) is 29.3. The van der Waals surface area contributed by atoms with E-state index in [-0.39, 0.29) is 5.97 Å². The zero-order valence-corrected chi connectivity index (χ0v) is 25.8. The zero-order valence-electron chi connectivity index (χ0n) is 25.8. The number of hydrogen-bond donors (Lipinski definition) is 0. The van der Waals surface area contributed by atoms with Gasteiger partial charge in [0.2, 0.25) is 0 Å². The molecule has 0 radical (unpaired) electrons. The molecule has 0 aromatic heterocycles. The molecule has 0 saturated carbocycles. The maximum Gasteiger partial charge on any atom is 0.330 e. The van der Waals surface area contributed by atoms with Crippen molar-refractivity contribution in [2.45, 2.75) is 149 Å². The summed E-state index contributed by atoms with van der Waals surface area (Å²) in [6, 6.07) is 5.91. The lowest BCUT2D eigenvalue weighted by atomic mass is 10.1. The summed E-state index contributed by atoms with van der Waals surface area (Å²) in [7, 11) is 0. The number of hydrogen-bond acceptors (Lipinski definition) is 4. The molecule has 0 atom stereocenters. The quantitative estimate of drug-likeness (QED) is 0.0627. The maximum atomic E-state index is 11.9. The van der Waals surface area contributed by atoms with E-state index in [1.165, 1.54) is 122 Å². The first-order valence-electron chi connectivity index (χ1n) is 16.5. The summed E-state index contributed by atoms with van der Waals surface area (Å²) in [5, 5.41) is 0. The molecule has 1 aromatic rings. The Kier molecular flexibility index (Phi) is 23.6. The Morgan fingerprint density at radius 1 is 0.615 bits per heavy atom. The van der Waals surface area contributed by atoms with Gasteiger partial charge in [0.15, 0.2) is 11.5 Å². The predicted molar refractivity (Wildman–Crippen MR) is 167 cm³/mol. The lowest BCUT2D eigenvalue weighted by Gasteiger charge is -2.15. The Morgan fingerprint density at radius 2 is 1.08 bits per heavy atom. The largest absolute Gasteiger partial charge is 0.490 e. The summed E-state index contributed by atoms with van der Waals surface area (Å²) < 4.78 is 17.5. The molecule has 0 fully saturated rings. The Balaban J connectivity index is 2.44. The molecule has 4 heteroatoms. The van der Waals surface area contributed by atoms with Crippen molar-refractivity contribution in [3.05, 3.63) is 29.8 Å². The highest BCUT2D eigenvalue weighted by Crippen LogP contribution is 2.33. The van der Waals surface area contributed by atoms with Crippen LogP contribution in [0.1, 0.15) is 155 Å². The van der Waals surface area contributed by atoms with Crippen LogP contribution in [0.3, 0.4) is 0 Å². The van der Waals surface area contributed by atoms with Gasteiger partial charge in [-0.3, -0.25) is 0 Å². The van der Waals surface area contributed by atoms with Crippen LogP contribution < -0.4 is 9.47 Å². The zero-order chi connectivity index (χ0) is 28.2. The summed E-state index contributed by atoms with van der Waals surface area (Å²) >= 11 is 0. The van der Waals surface area contributed by atoms with Crippen molar-refractivity contribution in [1.29, 1.82) is 0 Å². The lowest BCUT2D eigenvalue weighted by Crippen LogP contribution is -2.04.